The lowest BCUT2D eigenvalue weighted by Crippen LogP contribution is -2.34. The van der Waals surface area contributed by atoms with Crippen LogP contribution in [0, 0.1) is 0 Å². The Kier molecular flexibility index (Phi) is 6.75. The molecule has 2 aliphatic heterocycles. The van der Waals surface area contributed by atoms with Crippen LogP contribution in [0.25, 0.3) is 11.1 Å². The van der Waals surface area contributed by atoms with Crippen molar-refractivity contribution in [3.05, 3.63) is 87.6 Å². The first kappa shape index (κ1) is 21.5. The lowest BCUT2D eigenvalue weighted by Gasteiger charge is -2.32. The van der Waals surface area contributed by atoms with E-state index < -0.39 is 0 Å². The van der Waals surface area contributed by atoms with Crippen molar-refractivity contribution < 1.29 is 0 Å². The number of aryl methyl sites for hydroxylation is 2. The Hall–Kier alpha value is -2.37. The zero-order chi connectivity index (χ0) is 21.8. The highest BCUT2D eigenvalue weighted by molar-refractivity contribution is 7.98. The molecule has 0 spiro atoms. The minimum Gasteiger partial charge on any atom is -0.310 e. The number of benzene rings is 2. The summed E-state index contributed by atoms with van der Waals surface area (Å²) in [6.45, 7) is 3.38. The minimum atomic E-state index is 0.0799. The van der Waals surface area contributed by atoms with Gasteiger partial charge in [-0.1, -0.05) is 54.6 Å². The Morgan fingerprint density at radius 2 is 1.75 bits per heavy atom. The van der Waals surface area contributed by atoms with Gasteiger partial charge in [0.25, 0.3) is 5.56 Å². The van der Waals surface area contributed by atoms with Crippen LogP contribution in [-0.4, -0.2) is 40.3 Å². The Bertz CT molecular complexity index is 1090. The third kappa shape index (κ3) is 5.00. The number of rotatable bonds is 6. The van der Waals surface area contributed by atoms with E-state index in [2.05, 4.69) is 64.5 Å². The quantitative estimate of drug-likeness (QED) is 0.578. The number of hydrogen-bond acceptors (Lipinski definition) is 4. The average molecular weight is 446 g/mol. The van der Waals surface area contributed by atoms with Crippen molar-refractivity contribution in [2.24, 2.45) is 0 Å². The third-order valence-electron chi connectivity index (χ3n) is 6.84. The van der Waals surface area contributed by atoms with Crippen LogP contribution in [0.5, 0.6) is 0 Å². The summed E-state index contributed by atoms with van der Waals surface area (Å²) < 4.78 is 0. The van der Waals surface area contributed by atoms with Gasteiger partial charge in [-0.15, -0.1) is 0 Å². The zero-order valence-electron chi connectivity index (χ0n) is 18.6. The predicted molar refractivity (Wildman–Crippen MR) is 133 cm³/mol. The first-order chi connectivity index (χ1) is 15.8. The summed E-state index contributed by atoms with van der Waals surface area (Å²) in [5, 5.41) is 0. The van der Waals surface area contributed by atoms with E-state index >= 15 is 0 Å². The molecule has 4 nitrogen and oxygen atoms in total. The Morgan fingerprint density at radius 1 is 1.00 bits per heavy atom. The molecule has 2 aromatic carbocycles. The molecule has 1 fully saturated rings. The lowest BCUT2D eigenvalue weighted by atomic mass is 9.88. The maximum absolute atomic E-state index is 12.3. The van der Waals surface area contributed by atoms with Gasteiger partial charge in [0.2, 0.25) is 0 Å². The van der Waals surface area contributed by atoms with Crippen molar-refractivity contribution in [2.75, 3.05) is 25.4 Å². The molecule has 1 aromatic heterocycles. The predicted octanol–water partition coefficient (Wildman–Crippen LogP) is 5.04. The van der Waals surface area contributed by atoms with Crippen molar-refractivity contribution in [1.29, 1.82) is 0 Å². The number of fused-ring (bicyclic) bond motifs is 1. The number of hydrogen-bond donors (Lipinski definition) is 1. The molecule has 1 saturated heterocycles. The van der Waals surface area contributed by atoms with Gasteiger partial charge in [-0.25, -0.2) is 4.98 Å². The highest BCUT2D eigenvalue weighted by Gasteiger charge is 2.21. The second kappa shape index (κ2) is 10.1. The maximum Gasteiger partial charge on any atom is 0.255 e. The van der Waals surface area contributed by atoms with Crippen molar-refractivity contribution >= 4 is 11.8 Å². The van der Waals surface area contributed by atoms with E-state index in [0.717, 1.165) is 67.5 Å². The molecule has 2 aliphatic rings. The van der Waals surface area contributed by atoms with Crippen LogP contribution in [0.3, 0.4) is 0 Å². The van der Waals surface area contributed by atoms with Crippen LogP contribution in [0.4, 0.5) is 0 Å². The SMILES string of the molecule is O=c1[nH]c(CCCN2CCC(c3ccc(-c4ccccc4)cc3)CC2)nc2c1CSCC2. The maximum atomic E-state index is 12.3. The molecule has 1 N–H and O–H groups in total. The van der Waals surface area contributed by atoms with Gasteiger partial charge in [-0.05, 0) is 73.7 Å². The molecular formula is C27H31N3OS. The van der Waals surface area contributed by atoms with Gasteiger partial charge >= 0.3 is 0 Å². The largest absolute Gasteiger partial charge is 0.310 e. The number of nitrogens with one attached hydrogen (secondary N) is 1. The summed E-state index contributed by atoms with van der Waals surface area (Å²) in [7, 11) is 0. The van der Waals surface area contributed by atoms with E-state index in [-0.39, 0.29) is 5.56 Å². The van der Waals surface area contributed by atoms with Crippen LogP contribution in [0.1, 0.15) is 47.8 Å². The first-order valence-corrected chi connectivity index (χ1v) is 13.0. The number of piperidine rings is 1. The fraction of sp³-hybridized carbons (Fsp3) is 0.407. The van der Waals surface area contributed by atoms with E-state index in [1.807, 2.05) is 11.8 Å². The Labute approximate surface area is 194 Å². The van der Waals surface area contributed by atoms with E-state index in [1.165, 1.54) is 29.5 Å². The number of nitrogens with zero attached hydrogens (tertiary/aromatic N) is 2. The molecule has 5 heteroatoms. The number of likely N-dealkylation sites (tertiary alicyclic amines) is 1. The molecule has 0 unspecified atom stereocenters. The average Bonchev–Trinajstić information content (AvgIpc) is 2.85. The van der Waals surface area contributed by atoms with Gasteiger partial charge in [0.1, 0.15) is 5.82 Å². The second-order valence-electron chi connectivity index (χ2n) is 8.95. The Morgan fingerprint density at radius 3 is 2.53 bits per heavy atom. The number of thioether (sulfide) groups is 1. The molecule has 0 aliphatic carbocycles. The summed E-state index contributed by atoms with van der Waals surface area (Å²) in [6, 6.07) is 19.8. The molecular weight excluding hydrogens is 414 g/mol. The monoisotopic (exact) mass is 445 g/mol. The number of aromatic nitrogens is 2. The molecule has 0 radical (unpaired) electrons. The first-order valence-electron chi connectivity index (χ1n) is 11.8. The van der Waals surface area contributed by atoms with E-state index in [1.54, 1.807) is 0 Å². The van der Waals surface area contributed by atoms with Crippen LogP contribution in [0.2, 0.25) is 0 Å². The van der Waals surface area contributed by atoms with E-state index in [0.29, 0.717) is 5.92 Å². The van der Waals surface area contributed by atoms with Crippen LogP contribution >= 0.6 is 11.8 Å². The van der Waals surface area contributed by atoms with Gasteiger partial charge in [0.05, 0.1) is 5.69 Å². The molecule has 0 bridgehead atoms. The van der Waals surface area contributed by atoms with Gasteiger partial charge in [0, 0.05) is 17.7 Å². The molecule has 0 amide bonds. The van der Waals surface area contributed by atoms with Crippen molar-refractivity contribution in [3.8, 4) is 11.1 Å². The molecule has 3 aromatic rings. The standard InChI is InChI=1S/C27H31N3OS/c31-27-24-19-32-18-14-25(24)28-26(29-27)7-4-15-30-16-12-23(13-17-30)22-10-8-21(9-11-22)20-5-2-1-3-6-20/h1-3,5-6,8-11,23H,4,7,12-19H2,(H,28,29,31). The van der Waals surface area contributed by atoms with Gasteiger partial charge in [-0.3, -0.25) is 4.79 Å². The molecule has 32 heavy (non-hydrogen) atoms. The molecule has 0 saturated carbocycles. The summed E-state index contributed by atoms with van der Waals surface area (Å²) in [5.74, 6) is 3.41. The lowest BCUT2D eigenvalue weighted by molar-refractivity contribution is 0.210. The molecule has 0 atom stereocenters. The smallest absolute Gasteiger partial charge is 0.255 e. The van der Waals surface area contributed by atoms with Crippen LogP contribution in [0.15, 0.2) is 59.4 Å². The number of aromatic amines is 1. The highest BCUT2D eigenvalue weighted by Crippen LogP contribution is 2.30. The molecule has 166 valence electrons. The van der Waals surface area contributed by atoms with Gasteiger partial charge < -0.3 is 9.88 Å². The van der Waals surface area contributed by atoms with E-state index in [9.17, 15) is 4.79 Å². The Balaban J connectivity index is 1.10. The van der Waals surface area contributed by atoms with Crippen LogP contribution < -0.4 is 5.56 Å². The van der Waals surface area contributed by atoms with E-state index in [4.69, 9.17) is 4.98 Å². The van der Waals surface area contributed by atoms with Crippen molar-refractivity contribution in [2.45, 2.75) is 43.8 Å². The summed E-state index contributed by atoms with van der Waals surface area (Å²) >= 11 is 1.83. The minimum absolute atomic E-state index is 0.0799. The second-order valence-corrected chi connectivity index (χ2v) is 10.1. The highest BCUT2D eigenvalue weighted by atomic mass is 32.2. The van der Waals surface area contributed by atoms with Crippen molar-refractivity contribution in [3.63, 3.8) is 0 Å². The molecule has 3 heterocycles. The third-order valence-corrected chi connectivity index (χ3v) is 7.83. The summed E-state index contributed by atoms with van der Waals surface area (Å²) in [5.41, 5.74) is 6.04. The normalized spacial score (nSPS) is 17.2. The van der Waals surface area contributed by atoms with Crippen molar-refractivity contribution in [1.82, 2.24) is 14.9 Å². The number of H-pyrrole nitrogens is 1. The summed E-state index contributed by atoms with van der Waals surface area (Å²) in [4.78, 5) is 22.6. The van der Waals surface area contributed by atoms with Gasteiger partial charge in [0.15, 0.2) is 0 Å². The topological polar surface area (TPSA) is 49.0 Å². The zero-order valence-corrected chi connectivity index (χ0v) is 19.4. The fourth-order valence-electron chi connectivity index (χ4n) is 4.95. The van der Waals surface area contributed by atoms with Crippen LogP contribution in [-0.2, 0) is 18.6 Å². The fourth-order valence-corrected chi connectivity index (χ4v) is 5.94. The molecule has 5 rings (SSSR count). The van der Waals surface area contributed by atoms with Gasteiger partial charge in [-0.2, -0.15) is 11.8 Å². The summed E-state index contributed by atoms with van der Waals surface area (Å²) in [6.07, 6.45) is 5.27.